The van der Waals surface area contributed by atoms with Crippen LogP contribution in [0.2, 0.25) is 0 Å². The van der Waals surface area contributed by atoms with E-state index in [0.29, 0.717) is 11.8 Å². The van der Waals surface area contributed by atoms with E-state index in [9.17, 15) is 9.59 Å². The van der Waals surface area contributed by atoms with Crippen LogP contribution in [0.3, 0.4) is 0 Å². The molecule has 16 heavy (non-hydrogen) atoms. The number of carboxylic acid groups (broad SMARTS) is 1. The van der Waals surface area contributed by atoms with Crippen molar-refractivity contribution in [3.8, 4) is 0 Å². The molecule has 1 unspecified atom stereocenters. The first-order valence-corrected chi connectivity index (χ1v) is 6.58. The van der Waals surface area contributed by atoms with Crippen LogP contribution in [0.15, 0.2) is 0 Å². The molecule has 0 spiro atoms. The lowest BCUT2D eigenvalue weighted by Crippen LogP contribution is -2.40. The highest BCUT2D eigenvalue weighted by Crippen LogP contribution is 2.24. The van der Waals surface area contributed by atoms with Crippen LogP contribution in [0.5, 0.6) is 0 Å². The molecule has 3 N–H and O–H groups in total. The minimum atomic E-state index is -0.900. The quantitative estimate of drug-likeness (QED) is 0.677. The average Bonchev–Trinajstić information content (AvgIpc) is 2.27. The van der Waals surface area contributed by atoms with Gasteiger partial charge < -0.3 is 15.7 Å². The number of carbonyl (C=O) groups is 2. The van der Waals surface area contributed by atoms with Gasteiger partial charge in [0.25, 0.3) is 0 Å². The molecule has 2 amide bonds. The Labute approximate surface area is 99.4 Å². The second-order valence-corrected chi connectivity index (χ2v) is 5.18. The summed E-state index contributed by atoms with van der Waals surface area (Å²) in [6.07, 6.45) is 3.62. The van der Waals surface area contributed by atoms with Crippen molar-refractivity contribution in [2.45, 2.75) is 30.9 Å². The molecular formula is C10H18N2O3S. The number of rotatable bonds is 5. The fourth-order valence-corrected chi connectivity index (χ4v) is 2.76. The van der Waals surface area contributed by atoms with Gasteiger partial charge in [0.1, 0.15) is 0 Å². The molecule has 1 aliphatic heterocycles. The number of amides is 2. The molecule has 0 radical (unpaired) electrons. The Hall–Kier alpha value is -0.910. The van der Waals surface area contributed by atoms with Gasteiger partial charge in [-0.3, -0.25) is 4.79 Å². The van der Waals surface area contributed by atoms with E-state index < -0.39 is 5.97 Å². The molecule has 5 nitrogen and oxygen atoms in total. The van der Waals surface area contributed by atoms with Gasteiger partial charge in [-0.2, -0.15) is 11.8 Å². The predicted molar refractivity (Wildman–Crippen MR) is 63.8 cm³/mol. The number of thioether (sulfide) groups is 1. The summed E-state index contributed by atoms with van der Waals surface area (Å²) in [6.45, 7) is 0.850. The van der Waals surface area contributed by atoms with Crippen molar-refractivity contribution >= 4 is 23.8 Å². The lowest BCUT2D eigenvalue weighted by Gasteiger charge is -2.21. The van der Waals surface area contributed by atoms with Gasteiger partial charge >= 0.3 is 12.0 Å². The highest BCUT2D eigenvalue weighted by Gasteiger charge is 2.14. The van der Waals surface area contributed by atoms with Crippen molar-refractivity contribution in [3.05, 3.63) is 0 Å². The topological polar surface area (TPSA) is 78.4 Å². The maximum absolute atomic E-state index is 11.2. The smallest absolute Gasteiger partial charge is 0.314 e. The van der Waals surface area contributed by atoms with Gasteiger partial charge in [-0.1, -0.05) is 6.42 Å². The summed E-state index contributed by atoms with van der Waals surface area (Å²) in [5.74, 6) is 0.274. The molecule has 0 aromatic rings. The van der Waals surface area contributed by atoms with E-state index in [1.807, 2.05) is 11.8 Å². The Morgan fingerprint density at radius 1 is 1.31 bits per heavy atom. The monoisotopic (exact) mass is 246 g/mol. The lowest BCUT2D eigenvalue weighted by atomic mass is 10.2. The molecule has 1 heterocycles. The third-order valence-electron chi connectivity index (χ3n) is 2.39. The van der Waals surface area contributed by atoms with Gasteiger partial charge in [0.2, 0.25) is 0 Å². The van der Waals surface area contributed by atoms with Crippen LogP contribution in [0.25, 0.3) is 0 Å². The zero-order valence-electron chi connectivity index (χ0n) is 9.20. The van der Waals surface area contributed by atoms with Crippen LogP contribution >= 0.6 is 11.8 Å². The fraction of sp³-hybridized carbons (Fsp3) is 0.800. The molecule has 0 bridgehead atoms. The fourth-order valence-electron chi connectivity index (χ4n) is 1.52. The zero-order chi connectivity index (χ0) is 11.8. The van der Waals surface area contributed by atoms with Crippen molar-refractivity contribution < 1.29 is 14.7 Å². The maximum atomic E-state index is 11.2. The van der Waals surface area contributed by atoms with Crippen molar-refractivity contribution in [3.63, 3.8) is 0 Å². The standard InChI is InChI=1S/C10H18N2O3S/c13-9(14)4-5-11-10(15)12-7-8-3-1-2-6-16-8/h8H,1-7H2,(H,13,14)(H2,11,12,15). The summed E-state index contributed by atoms with van der Waals surface area (Å²) in [5.41, 5.74) is 0. The minimum absolute atomic E-state index is 0.0361. The van der Waals surface area contributed by atoms with E-state index in [-0.39, 0.29) is 19.0 Å². The van der Waals surface area contributed by atoms with E-state index in [4.69, 9.17) is 5.11 Å². The van der Waals surface area contributed by atoms with Crippen molar-refractivity contribution in [1.29, 1.82) is 0 Å². The first-order chi connectivity index (χ1) is 7.68. The van der Waals surface area contributed by atoms with E-state index >= 15 is 0 Å². The first-order valence-electron chi connectivity index (χ1n) is 5.53. The summed E-state index contributed by atoms with van der Waals surface area (Å²) < 4.78 is 0. The normalized spacial score (nSPS) is 20.1. The summed E-state index contributed by atoms with van der Waals surface area (Å²) in [7, 11) is 0. The predicted octanol–water partition coefficient (Wildman–Crippen LogP) is 1.05. The van der Waals surface area contributed by atoms with Gasteiger partial charge in [0, 0.05) is 18.3 Å². The number of carboxylic acids is 1. The SMILES string of the molecule is O=C(O)CCNC(=O)NCC1CCCCS1. The first kappa shape index (κ1) is 13.2. The molecule has 0 aliphatic carbocycles. The van der Waals surface area contributed by atoms with E-state index in [1.54, 1.807) is 0 Å². The van der Waals surface area contributed by atoms with Gasteiger partial charge in [0.05, 0.1) is 6.42 Å². The Morgan fingerprint density at radius 2 is 2.12 bits per heavy atom. The highest BCUT2D eigenvalue weighted by molar-refractivity contribution is 7.99. The van der Waals surface area contributed by atoms with Crippen LogP contribution < -0.4 is 10.6 Å². The molecule has 0 saturated carbocycles. The Bertz CT molecular complexity index is 242. The summed E-state index contributed by atoms with van der Waals surface area (Å²) in [6, 6.07) is -0.271. The molecule has 1 fully saturated rings. The van der Waals surface area contributed by atoms with Crippen LogP contribution in [0.4, 0.5) is 4.79 Å². The molecule has 6 heteroatoms. The van der Waals surface area contributed by atoms with Gasteiger partial charge in [-0.25, -0.2) is 4.79 Å². The number of hydrogen-bond acceptors (Lipinski definition) is 3. The highest BCUT2D eigenvalue weighted by atomic mass is 32.2. The Morgan fingerprint density at radius 3 is 2.75 bits per heavy atom. The molecular weight excluding hydrogens is 228 g/mol. The van der Waals surface area contributed by atoms with E-state index in [1.165, 1.54) is 18.6 Å². The maximum Gasteiger partial charge on any atom is 0.314 e. The Kier molecular flexibility index (Phi) is 6.07. The van der Waals surface area contributed by atoms with Crippen molar-refractivity contribution in [1.82, 2.24) is 10.6 Å². The van der Waals surface area contributed by atoms with Crippen LogP contribution in [0, 0.1) is 0 Å². The Balaban J connectivity index is 2.02. The third kappa shape index (κ3) is 5.85. The number of hydrogen-bond donors (Lipinski definition) is 3. The second-order valence-electron chi connectivity index (χ2n) is 3.77. The van der Waals surface area contributed by atoms with Crippen LogP contribution in [-0.4, -0.2) is 41.2 Å². The molecule has 1 rings (SSSR count). The van der Waals surface area contributed by atoms with Gasteiger partial charge in [-0.05, 0) is 18.6 Å². The van der Waals surface area contributed by atoms with E-state index in [0.717, 1.165) is 6.42 Å². The zero-order valence-corrected chi connectivity index (χ0v) is 10.0. The number of carbonyl (C=O) groups excluding carboxylic acids is 1. The number of nitrogens with one attached hydrogen (secondary N) is 2. The molecule has 1 saturated heterocycles. The summed E-state index contributed by atoms with van der Waals surface area (Å²) in [4.78, 5) is 21.5. The lowest BCUT2D eigenvalue weighted by molar-refractivity contribution is -0.136. The molecule has 0 aromatic heterocycles. The molecule has 1 aliphatic rings. The molecule has 1 atom stereocenters. The van der Waals surface area contributed by atoms with Gasteiger partial charge in [-0.15, -0.1) is 0 Å². The van der Waals surface area contributed by atoms with Gasteiger partial charge in [0.15, 0.2) is 0 Å². The second kappa shape index (κ2) is 7.38. The molecule has 92 valence electrons. The largest absolute Gasteiger partial charge is 0.481 e. The van der Waals surface area contributed by atoms with E-state index in [2.05, 4.69) is 10.6 Å². The van der Waals surface area contributed by atoms with Crippen molar-refractivity contribution in [2.24, 2.45) is 0 Å². The number of aliphatic carboxylic acids is 1. The average molecular weight is 246 g/mol. The summed E-state index contributed by atoms with van der Waals surface area (Å²) in [5, 5.41) is 14.2. The van der Waals surface area contributed by atoms with Crippen LogP contribution in [0.1, 0.15) is 25.7 Å². The molecule has 0 aromatic carbocycles. The van der Waals surface area contributed by atoms with Crippen molar-refractivity contribution in [2.75, 3.05) is 18.8 Å². The van der Waals surface area contributed by atoms with Crippen LogP contribution in [-0.2, 0) is 4.79 Å². The minimum Gasteiger partial charge on any atom is -0.481 e. The third-order valence-corrected chi connectivity index (χ3v) is 3.79. The number of urea groups is 1. The summed E-state index contributed by atoms with van der Waals surface area (Å²) >= 11 is 1.90.